The molecule has 4 aliphatic heterocycles. The molecule has 2 bridgehead atoms. The molecule has 41 heavy (non-hydrogen) atoms. The van der Waals surface area contributed by atoms with E-state index in [2.05, 4.69) is 15.5 Å². The molecule has 0 spiro atoms. The fourth-order valence-corrected chi connectivity index (χ4v) is 6.08. The van der Waals surface area contributed by atoms with Crippen molar-refractivity contribution in [1.29, 1.82) is 0 Å². The van der Waals surface area contributed by atoms with Crippen molar-refractivity contribution in [2.45, 2.75) is 57.0 Å². The molecule has 0 saturated carbocycles. The predicted octanol–water partition coefficient (Wildman–Crippen LogP) is 1.69. The van der Waals surface area contributed by atoms with Crippen LogP contribution in [0.5, 0.6) is 17.2 Å². The molecular formula is C30H36N4O7. The lowest BCUT2D eigenvalue weighted by atomic mass is 9.96. The van der Waals surface area contributed by atoms with Gasteiger partial charge < -0.3 is 34.5 Å². The van der Waals surface area contributed by atoms with Crippen molar-refractivity contribution in [3.05, 3.63) is 53.6 Å². The summed E-state index contributed by atoms with van der Waals surface area (Å²) in [5.74, 6) is 1.32. The Morgan fingerprint density at radius 2 is 1.85 bits per heavy atom. The summed E-state index contributed by atoms with van der Waals surface area (Å²) in [7, 11) is 0. The predicted molar refractivity (Wildman–Crippen MR) is 148 cm³/mol. The van der Waals surface area contributed by atoms with E-state index >= 15 is 0 Å². The molecule has 0 unspecified atom stereocenters. The first-order valence-electron chi connectivity index (χ1n) is 14.3. The first kappa shape index (κ1) is 27.3. The van der Waals surface area contributed by atoms with E-state index in [1.165, 1.54) is 6.92 Å². The van der Waals surface area contributed by atoms with Gasteiger partial charge in [0.05, 0.1) is 30.4 Å². The Kier molecular flexibility index (Phi) is 7.97. The molecule has 0 radical (unpaired) electrons. The Hall–Kier alpha value is -3.83. The summed E-state index contributed by atoms with van der Waals surface area (Å²) in [6.07, 6.45) is 1.70. The number of amides is 3. The van der Waals surface area contributed by atoms with Crippen molar-refractivity contribution < 1.29 is 33.3 Å². The van der Waals surface area contributed by atoms with Gasteiger partial charge in [-0.3, -0.25) is 19.3 Å². The van der Waals surface area contributed by atoms with E-state index in [4.69, 9.17) is 18.9 Å². The zero-order chi connectivity index (χ0) is 28.3. The minimum absolute atomic E-state index is 0.0731. The number of carbonyl (C=O) groups excluding carboxylic acids is 3. The number of rotatable bonds is 3. The number of hydrogen-bond acceptors (Lipinski definition) is 8. The third-order valence-electron chi connectivity index (χ3n) is 8.17. The number of carbonyl (C=O) groups is 3. The van der Waals surface area contributed by atoms with Crippen LogP contribution in [0, 0.1) is 0 Å². The van der Waals surface area contributed by atoms with Gasteiger partial charge >= 0.3 is 0 Å². The number of benzene rings is 2. The number of piperazine rings is 1. The van der Waals surface area contributed by atoms with Crippen LogP contribution in [0.3, 0.4) is 0 Å². The van der Waals surface area contributed by atoms with Gasteiger partial charge in [-0.25, -0.2) is 0 Å². The highest BCUT2D eigenvalue weighted by molar-refractivity contribution is 6.00. The molecule has 0 aliphatic carbocycles. The van der Waals surface area contributed by atoms with Crippen molar-refractivity contribution in [3.63, 3.8) is 0 Å². The number of para-hydroxylation sites is 1. The average Bonchev–Trinajstić information content (AvgIpc) is 3.44. The number of fused-ring (bicyclic) bond motifs is 5. The van der Waals surface area contributed by atoms with Crippen LogP contribution < -0.4 is 24.8 Å². The van der Waals surface area contributed by atoms with Gasteiger partial charge in [0.1, 0.15) is 11.8 Å². The van der Waals surface area contributed by atoms with Crippen LogP contribution in [0.15, 0.2) is 42.5 Å². The molecule has 218 valence electrons. The summed E-state index contributed by atoms with van der Waals surface area (Å²) in [4.78, 5) is 43.3. The van der Waals surface area contributed by atoms with Crippen molar-refractivity contribution in [2.24, 2.45) is 0 Å². The molecule has 2 N–H and O–H groups in total. The van der Waals surface area contributed by atoms with Crippen LogP contribution >= 0.6 is 0 Å². The standard InChI is InChI=1S/C30H36N4O7/c1-19(35)32-23-8-7-21-10-13-38-25-5-3-2-4-22(25)30(37)34-12-11-33(17-24(34)29(36)31-15-28(23)41-21)16-20-6-9-26-27(14-20)40-18-39-26/h2-6,9,14,21,23-24,28H,7-8,10-13,15-18H2,1H3,(H,31,36)(H,32,35)/t21-,23+,24-,28+/m0/s1. The molecule has 6 rings (SSSR count). The normalized spacial score (nSPS) is 26.6. The maximum Gasteiger partial charge on any atom is 0.258 e. The van der Waals surface area contributed by atoms with E-state index in [9.17, 15) is 14.4 Å². The molecule has 11 nitrogen and oxygen atoms in total. The monoisotopic (exact) mass is 564 g/mol. The topological polar surface area (TPSA) is 119 Å². The maximum absolute atomic E-state index is 13.9. The third kappa shape index (κ3) is 6.11. The van der Waals surface area contributed by atoms with E-state index in [1.54, 1.807) is 17.0 Å². The average molecular weight is 565 g/mol. The first-order valence-corrected chi connectivity index (χ1v) is 14.3. The molecule has 2 aromatic carbocycles. The highest BCUT2D eigenvalue weighted by Gasteiger charge is 2.38. The Bertz CT molecular complexity index is 1300. The molecule has 0 aromatic heterocycles. The molecule has 4 aliphatic rings. The second kappa shape index (κ2) is 12.0. The summed E-state index contributed by atoms with van der Waals surface area (Å²) in [5, 5.41) is 6.03. The van der Waals surface area contributed by atoms with Gasteiger partial charge in [-0.1, -0.05) is 18.2 Å². The minimum atomic E-state index is -0.722. The summed E-state index contributed by atoms with van der Waals surface area (Å²) in [6, 6.07) is 12.1. The van der Waals surface area contributed by atoms with Crippen molar-refractivity contribution in [3.8, 4) is 17.2 Å². The zero-order valence-electron chi connectivity index (χ0n) is 23.2. The Morgan fingerprint density at radius 1 is 1.00 bits per heavy atom. The summed E-state index contributed by atoms with van der Waals surface area (Å²) >= 11 is 0. The van der Waals surface area contributed by atoms with Gasteiger partial charge in [0.15, 0.2) is 11.5 Å². The molecule has 2 aromatic rings. The third-order valence-corrected chi connectivity index (χ3v) is 8.17. The van der Waals surface area contributed by atoms with Crippen molar-refractivity contribution >= 4 is 17.7 Å². The molecule has 4 atom stereocenters. The molecule has 4 heterocycles. The largest absolute Gasteiger partial charge is 0.493 e. The Morgan fingerprint density at radius 3 is 2.73 bits per heavy atom. The summed E-state index contributed by atoms with van der Waals surface area (Å²) < 4.78 is 23.4. The highest BCUT2D eigenvalue weighted by atomic mass is 16.7. The van der Waals surface area contributed by atoms with Crippen LogP contribution in [0.2, 0.25) is 0 Å². The molecule has 2 saturated heterocycles. The number of nitrogens with zero attached hydrogens (tertiary/aromatic N) is 2. The molecule has 2 fully saturated rings. The van der Waals surface area contributed by atoms with Crippen LogP contribution in [0.25, 0.3) is 0 Å². The van der Waals surface area contributed by atoms with Gasteiger partial charge in [0.25, 0.3) is 5.91 Å². The first-order chi connectivity index (χ1) is 19.9. The fraction of sp³-hybridized carbons (Fsp3) is 0.500. The van der Waals surface area contributed by atoms with E-state index in [-0.39, 0.29) is 49.3 Å². The Balaban J connectivity index is 1.25. The lowest BCUT2D eigenvalue weighted by molar-refractivity contribution is -0.131. The summed E-state index contributed by atoms with van der Waals surface area (Å²) in [5.41, 5.74) is 1.48. The fourth-order valence-electron chi connectivity index (χ4n) is 6.08. The van der Waals surface area contributed by atoms with E-state index in [0.29, 0.717) is 56.3 Å². The van der Waals surface area contributed by atoms with Crippen LogP contribution in [0.1, 0.15) is 42.1 Å². The van der Waals surface area contributed by atoms with Gasteiger partial charge in [-0.05, 0) is 42.7 Å². The van der Waals surface area contributed by atoms with Crippen molar-refractivity contribution in [2.75, 3.05) is 39.6 Å². The van der Waals surface area contributed by atoms with E-state index < -0.39 is 6.04 Å². The van der Waals surface area contributed by atoms with Crippen LogP contribution in [-0.2, 0) is 20.9 Å². The van der Waals surface area contributed by atoms with Gasteiger partial charge in [0, 0.05) is 46.1 Å². The minimum Gasteiger partial charge on any atom is -0.493 e. The van der Waals surface area contributed by atoms with Crippen molar-refractivity contribution in [1.82, 2.24) is 20.4 Å². The molecule has 11 heteroatoms. The maximum atomic E-state index is 13.9. The van der Waals surface area contributed by atoms with Gasteiger partial charge in [-0.2, -0.15) is 0 Å². The number of nitrogens with one attached hydrogen (secondary N) is 2. The molecule has 3 amide bonds. The smallest absolute Gasteiger partial charge is 0.258 e. The lowest BCUT2D eigenvalue weighted by Gasteiger charge is -2.42. The SMILES string of the molecule is CC(=O)N[C@@H]1CC[C@H]2CCOc3ccccc3C(=O)N3CCN(Cc4ccc5c(c4)OCO5)C[C@H]3C(=O)NC[C@H]1O2. The highest BCUT2D eigenvalue weighted by Crippen LogP contribution is 2.33. The van der Waals surface area contributed by atoms with E-state index in [0.717, 1.165) is 24.2 Å². The summed E-state index contributed by atoms with van der Waals surface area (Å²) in [6.45, 7) is 4.26. The second-order valence-corrected chi connectivity index (χ2v) is 11.0. The van der Waals surface area contributed by atoms with Crippen LogP contribution in [-0.4, -0.2) is 91.4 Å². The lowest BCUT2D eigenvalue weighted by Crippen LogP contribution is -2.61. The zero-order valence-corrected chi connectivity index (χ0v) is 23.2. The number of hydrogen-bond donors (Lipinski definition) is 2. The Labute approximate surface area is 239 Å². The quantitative estimate of drug-likeness (QED) is 0.579. The molecular weight excluding hydrogens is 528 g/mol. The van der Waals surface area contributed by atoms with E-state index in [1.807, 2.05) is 30.3 Å². The second-order valence-electron chi connectivity index (χ2n) is 11.0. The van der Waals surface area contributed by atoms with Gasteiger partial charge in [0.2, 0.25) is 18.6 Å². The number of ether oxygens (including phenoxy) is 4. The van der Waals surface area contributed by atoms with Crippen LogP contribution in [0.4, 0.5) is 0 Å². The van der Waals surface area contributed by atoms with Gasteiger partial charge in [-0.15, -0.1) is 0 Å².